The van der Waals surface area contributed by atoms with E-state index < -0.39 is 0 Å². The molecular formula is C11H22NYb-. The Bertz CT molecular complexity index is 128. The summed E-state index contributed by atoms with van der Waals surface area (Å²) in [4.78, 5) is 3.91. The molecule has 0 saturated heterocycles. The van der Waals surface area contributed by atoms with Gasteiger partial charge < -0.3 is 0 Å². The van der Waals surface area contributed by atoms with E-state index in [1.807, 2.05) is 20.8 Å². The van der Waals surface area contributed by atoms with Gasteiger partial charge in [0.05, 0.1) is 0 Å². The normalized spacial score (nSPS) is 7.92. The molecule has 0 bridgehead atoms. The Labute approximate surface area is 114 Å². The topological polar surface area (TPSA) is 12.4 Å². The molecule has 0 saturated carbocycles. The molecule has 0 rings (SSSR count). The molecule has 0 amide bonds. The van der Waals surface area contributed by atoms with Gasteiger partial charge in [-0.2, -0.15) is 0 Å². The third-order valence-corrected chi connectivity index (χ3v) is 1.37. The minimum atomic E-state index is 0.929. The number of hydrogen-bond donors (Lipinski definition) is 0. The number of allylic oxidation sites excluding steroid dienone is 1. The number of rotatable bonds is 3. The summed E-state index contributed by atoms with van der Waals surface area (Å²) in [6.45, 7) is 15.3. The van der Waals surface area contributed by atoms with Gasteiger partial charge in [-0.25, -0.2) is 0 Å². The minimum absolute atomic E-state index is 0.929. The summed E-state index contributed by atoms with van der Waals surface area (Å²) in [5.74, 6) is 0. The molecule has 0 spiro atoms. The fourth-order valence-electron chi connectivity index (χ4n) is 0.207. The first-order valence-corrected chi connectivity index (χ1v) is 5.61. The van der Waals surface area contributed by atoms with Crippen molar-refractivity contribution in [3.8, 4) is 0 Å². The van der Waals surface area contributed by atoms with Crippen LogP contribution in [0, 0.1) is 50.7 Å². The van der Waals surface area contributed by atoms with Crippen LogP contribution in [-0.4, -0.2) is 6.57 Å². The van der Waals surface area contributed by atoms with Crippen LogP contribution in [0.5, 0.6) is 0 Å². The van der Waals surface area contributed by atoms with E-state index in [1.54, 1.807) is 6.21 Å². The van der Waals surface area contributed by atoms with E-state index in [4.69, 9.17) is 6.58 Å². The molecule has 0 heterocycles. The van der Waals surface area contributed by atoms with E-state index in [0.717, 1.165) is 6.78 Å². The van der Waals surface area contributed by atoms with Gasteiger partial charge in [0.25, 0.3) is 0 Å². The van der Waals surface area contributed by atoms with Gasteiger partial charge >= 0.3 is 81.7 Å². The van der Waals surface area contributed by atoms with E-state index in [2.05, 4.69) is 62.9 Å². The quantitative estimate of drug-likeness (QED) is 0.550. The van der Waals surface area contributed by atoms with Gasteiger partial charge in [0, 0.05) is 0 Å². The molecule has 0 atom stereocenters. The zero-order valence-electron chi connectivity index (χ0n) is 9.36. The Morgan fingerprint density at radius 2 is 1.69 bits per heavy atom. The Morgan fingerprint density at radius 3 is 1.92 bits per heavy atom. The van der Waals surface area contributed by atoms with E-state index in [-0.39, 0.29) is 0 Å². The summed E-state index contributed by atoms with van der Waals surface area (Å²) in [6, 6.07) is 0. The zero-order chi connectivity index (χ0) is 11.1. The third-order valence-electron chi connectivity index (χ3n) is 0.539. The Balaban J connectivity index is -0.000000169. The van der Waals surface area contributed by atoms with Crippen molar-refractivity contribution in [3.05, 3.63) is 12.7 Å². The van der Waals surface area contributed by atoms with E-state index >= 15 is 0 Å². The molecule has 0 aliphatic rings. The van der Waals surface area contributed by atoms with Crippen LogP contribution in [0.1, 0.15) is 47.5 Å². The van der Waals surface area contributed by atoms with Crippen molar-refractivity contribution < 1.29 is 44.1 Å². The molecule has 0 aromatic carbocycles. The van der Waals surface area contributed by atoms with Gasteiger partial charge in [0.1, 0.15) is 0 Å². The number of nitrogens with zero attached hydrogens (tertiary/aromatic N) is 1. The fraction of sp³-hybridized carbons (Fsp3) is 0.636. The van der Waals surface area contributed by atoms with E-state index in [9.17, 15) is 0 Å². The maximum atomic E-state index is 5.03. The predicted octanol–water partition coefficient (Wildman–Crippen LogP) is 3.58. The molecule has 13 heavy (non-hydrogen) atoms. The van der Waals surface area contributed by atoms with Crippen LogP contribution in [0.25, 0.3) is 0 Å². The second-order valence-corrected chi connectivity index (χ2v) is 2.83. The Morgan fingerprint density at radius 1 is 1.31 bits per heavy atom. The van der Waals surface area contributed by atoms with Gasteiger partial charge in [0.15, 0.2) is 0 Å². The van der Waals surface area contributed by atoms with Crippen LogP contribution >= 0.6 is 0 Å². The second-order valence-electron chi connectivity index (χ2n) is 1.84. The molecule has 0 aromatic rings. The molecule has 2 heteroatoms. The Hall–Kier alpha value is 0.799. The SMILES string of the molecule is CC.CCC.[CH-]=CC=N[C](=[Yb])CC. The number of hydrogen-bond acceptors (Lipinski definition) is 1. The van der Waals surface area contributed by atoms with Crippen LogP contribution in [-0.2, 0) is 0 Å². The molecule has 0 aliphatic carbocycles. The predicted molar refractivity (Wildman–Crippen MR) is 60.0 cm³/mol. The van der Waals surface area contributed by atoms with Crippen LogP contribution in [0.4, 0.5) is 0 Å². The van der Waals surface area contributed by atoms with Crippen LogP contribution < -0.4 is 0 Å². The molecule has 86 valence electrons. The molecule has 0 fully saturated rings. The molecular weight excluding hydrogens is 319 g/mol. The molecule has 0 unspecified atom stereocenters. The molecule has 0 radical (unpaired) electrons. The Kier molecular flexibility index (Phi) is 34.3. The van der Waals surface area contributed by atoms with Crippen molar-refractivity contribution >= 4 is 6.57 Å². The summed E-state index contributed by atoms with van der Waals surface area (Å²) in [5.41, 5.74) is 0. The average Bonchev–Trinajstić information content (AvgIpc) is 2.18. The monoisotopic (exact) mass is 342 g/mol. The van der Waals surface area contributed by atoms with Crippen molar-refractivity contribution in [1.82, 2.24) is 0 Å². The number of aliphatic imine (C=N–C) groups is 1. The van der Waals surface area contributed by atoms with Crippen molar-refractivity contribution in [1.29, 1.82) is 0 Å². The summed E-state index contributed by atoms with van der Waals surface area (Å²) < 4.78 is 0.965. The molecule has 0 N–H and O–H groups in total. The van der Waals surface area contributed by atoms with Crippen molar-refractivity contribution in [2.45, 2.75) is 47.5 Å². The van der Waals surface area contributed by atoms with Crippen molar-refractivity contribution in [3.63, 3.8) is 0 Å². The molecule has 0 aromatic heterocycles. The van der Waals surface area contributed by atoms with Gasteiger partial charge in [0.2, 0.25) is 0 Å². The van der Waals surface area contributed by atoms with Gasteiger partial charge in [-0.05, 0) is 0 Å². The van der Waals surface area contributed by atoms with Crippen LogP contribution in [0.15, 0.2) is 11.1 Å². The van der Waals surface area contributed by atoms with Gasteiger partial charge in [-0.15, -0.1) is 0 Å². The second kappa shape index (κ2) is 23.0. The third kappa shape index (κ3) is 32.3. The first-order valence-electron chi connectivity index (χ1n) is 4.76. The first kappa shape index (κ1) is 19.4. The van der Waals surface area contributed by atoms with E-state index in [0.29, 0.717) is 0 Å². The summed E-state index contributed by atoms with van der Waals surface area (Å²) in [5, 5.41) is 0. The molecule has 1 nitrogen and oxygen atoms in total. The van der Waals surface area contributed by atoms with Crippen LogP contribution in [0.3, 0.4) is 0 Å². The van der Waals surface area contributed by atoms with Gasteiger partial charge in [-0.3, -0.25) is 0 Å². The standard InChI is InChI=1S/C6H8N.C3H8.C2H6.Yb/c1-3-5-7-6-4-2;1-3-2;1-2;/h1,3,5H,4H2,2H3;3H2,1-2H3;1-2H3;/q-1;;;. The average molecular weight is 341 g/mol. The van der Waals surface area contributed by atoms with Crippen molar-refractivity contribution in [2.75, 3.05) is 0 Å². The van der Waals surface area contributed by atoms with Crippen molar-refractivity contribution in [2.24, 2.45) is 4.99 Å². The summed E-state index contributed by atoms with van der Waals surface area (Å²) in [7, 11) is 0. The fourth-order valence-corrected chi connectivity index (χ4v) is 0.335. The zero-order valence-corrected chi connectivity index (χ0v) is 11.1. The van der Waals surface area contributed by atoms with Gasteiger partial charge in [-0.1, -0.05) is 34.1 Å². The molecule has 0 aliphatic heterocycles. The van der Waals surface area contributed by atoms with Crippen LogP contribution in [0.2, 0.25) is 0 Å². The first-order chi connectivity index (χ1) is 6.22. The van der Waals surface area contributed by atoms with E-state index in [1.165, 1.54) is 12.5 Å². The maximum absolute atomic E-state index is 5.03. The summed E-state index contributed by atoms with van der Waals surface area (Å²) >= 11 is 2.90. The summed E-state index contributed by atoms with van der Waals surface area (Å²) in [6.07, 6.45) is 5.15.